The van der Waals surface area contributed by atoms with Crippen LogP contribution in [0.15, 0.2) is 0 Å². The van der Waals surface area contributed by atoms with Gasteiger partial charge in [0.2, 0.25) is 5.24 Å². The standard InChI is InChI=1S/C7H13ClO2S2/c1-11-4-5-12-3-2-10-6-7(8)9/h2-6H2,1H3. The minimum atomic E-state index is -0.427. The van der Waals surface area contributed by atoms with Crippen LogP contribution in [0.5, 0.6) is 0 Å². The van der Waals surface area contributed by atoms with Crippen molar-refractivity contribution in [2.75, 3.05) is 36.7 Å². The minimum absolute atomic E-state index is 0.0324. The van der Waals surface area contributed by atoms with E-state index in [1.54, 1.807) is 0 Å². The van der Waals surface area contributed by atoms with E-state index in [1.165, 1.54) is 5.75 Å². The summed E-state index contributed by atoms with van der Waals surface area (Å²) in [5.74, 6) is 3.24. The van der Waals surface area contributed by atoms with Gasteiger partial charge in [-0.1, -0.05) is 0 Å². The molecule has 0 amide bonds. The van der Waals surface area contributed by atoms with Crippen LogP contribution in [0.2, 0.25) is 0 Å². The molecule has 0 unspecified atom stereocenters. The minimum Gasteiger partial charge on any atom is -0.371 e. The van der Waals surface area contributed by atoms with Crippen LogP contribution in [0.4, 0.5) is 0 Å². The van der Waals surface area contributed by atoms with Gasteiger partial charge >= 0.3 is 0 Å². The Morgan fingerprint density at radius 3 is 2.75 bits per heavy atom. The van der Waals surface area contributed by atoms with E-state index < -0.39 is 5.24 Å². The molecule has 0 aromatic carbocycles. The zero-order valence-electron chi connectivity index (χ0n) is 7.05. The van der Waals surface area contributed by atoms with Gasteiger partial charge in [-0.3, -0.25) is 4.79 Å². The molecule has 2 nitrogen and oxygen atoms in total. The number of carbonyl (C=O) groups is 1. The Kier molecular flexibility index (Phi) is 10.2. The topological polar surface area (TPSA) is 26.3 Å². The molecule has 0 aliphatic heterocycles. The fraction of sp³-hybridized carbons (Fsp3) is 0.857. The Morgan fingerprint density at radius 2 is 2.17 bits per heavy atom. The average molecular weight is 229 g/mol. The number of ether oxygens (including phenoxy) is 1. The van der Waals surface area contributed by atoms with Crippen LogP contribution in [0.1, 0.15) is 0 Å². The molecule has 5 heteroatoms. The highest BCUT2D eigenvalue weighted by molar-refractivity contribution is 8.02. The monoisotopic (exact) mass is 228 g/mol. The van der Waals surface area contributed by atoms with E-state index in [-0.39, 0.29) is 6.61 Å². The molecule has 0 aromatic heterocycles. The molecule has 0 aliphatic rings. The lowest BCUT2D eigenvalue weighted by atomic mass is 10.8. The van der Waals surface area contributed by atoms with Gasteiger partial charge in [0.05, 0.1) is 6.61 Å². The maximum absolute atomic E-state index is 10.2. The number of thioether (sulfide) groups is 2. The molecule has 0 N–H and O–H groups in total. The van der Waals surface area contributed by atoms with Crippen molar-refractivity contribution < 1.29 is 9.53 Å². The molecule has 0 aliphatic carbocycles. The third-order valence-electron chi connectivity index (χ3n) is 1.02. The van der Waals surface area contributed by atoms with Gasteiger partial charge in [0.25, 0.3) is 0 Å². The summed E-state index contributed by atoms with van der Waals surface area (Å²) in [6.07, 6.45) is 2.09. The molecule has 0 saturated heterocycles. The van der Waals surface area contributed by atoms with Gasteiger partial charge in [0.15, 0.2) is 0 Å². The summed E-state index contributed by atoms with van der Waals surface area (Å²) < 4.78 is 4.97. The lowest BCUT2D eigenvalue weighted by molar-refractivity contribution is -0.115. The van der Waals surface area contributed by atoms with E-state index in [2.05, 4.69) is 6.26 Å². The first-order valence-corrected chi connectivity index (χ1v) is 6.52. The molecule has 0 radical (unpaired) electrons. The lowest BCUT2D eigenvalue weighted by Gasteiger charge is -2.00. The van der Waals surface area contributed by atoms with Crippen molar-refractivity contribution >= 4 is 40.4 Å². The Balaban J connectivity index is 2.86. The lowest BCUT2D eigenvalue weighted by Crippen LogP contribution is -2.04. The van der Waals surface area contributed by atoms with Crippen molar-refractivity contribution in [1.82, 2.24) is 0 Å². The van der Waals surface area contributed by atoms with Crippen LogP contribution in [-0.2, 0) is 9.53 Å². The van der Waals surface area contributed by atoms with E-state index in [4.69, 9.17) is 16.3 Å². The molecular weight excluding hydrogens is 216 g/mol. The van der Waals surface area contributed by atoms with Crippen LogP contribution in [-0.4, -0.2) is 42.0 Å². The van der Waals surface area contributed by atoms with E-state index >= 15 is 0 Å². The Hall–Kier alpha value is 0.620. The molecule has 0 rings (SSSR count). The zero-order chi connectivity index (χ0) is 9.23. The number of hydrogen-bond acceptors (Lipinski definition) is 4. The summed E-state index contributed by atoms with van der Waals surface area (Å²) in [4.78, 5) is 10.2. The largest absolute Gasteiger partial charge is 0.371 e. The van der Waals surface area contributed by atoms with Gasteiger partial charge in [-0.25, -0.2) is 0 Å². The number of carbonyl (C=O) groups excluding carboxylic acids is 1. The van der Waals surface area contributed by atoms with Crippen LogP contribution in [0.3, 0.4) is 0 Å². The Labute approximate surface area is 86.8 Å². The number of hydrogen-bond donors (Lipinski definition) is 0. The maximum Gasteiger partial charge on any atom is 0.247 e. The molecule has 0 aromatic rings. The zero-order valence-corrected chi connectivity index (χ0v) is 9.44. The third-order valence-corrected chi connectivity index (χ3v) is 2.95. The molecule has 0 atom stereocenters. The summed E-state index contributed by atoms with van der Waals surface area (Å²) in [6, 6.07) is 0. The molecule has 0 bridgehead atoms. The predicted octanol–water partition coefficient (Wildman–Crippen LogP) is 1.86. The highest BCUT2D eigenvalue weighted by atomic mass is 35.5. The number of rotatable bonds is 8. The smallest absolute Gasteiger partial charge is 0.247 e. The summed E-state index contributed by atoms with van der Waals surface area (Å²) >= 11 is 8.73. The van der Waals surface area contributed by atoms with Crippen molar-refractivity contribution in [3.8, 4) is 0 Å². The predicted molar refractivity (Wildman–Crippen MR) is 57.4 cm³/mol. The van der Waals surface area contributed by atoms with E-state index in [0.29, 0.717) is 6.61 Å². The van der Waals surface area contributed by atoms with Crippen molar-refractivity contribution in [2.24, 2.45) is 0 Å². The third kappa shape index (κ3) is 10.6. The van der Waals surface area contributed by atoms with Crippen LogP contribution in [0, 0.1) is 0 Å². The summed E-state index contributed by atoms with van der Waals surface area (Å²) in [6.45, 7) is 0.641. The molecular formula is C7H13ClO2S2. The first-order chi connectivity index (χ1) is 5.77. The fourth-order valence-electron chi connectivity index (χ4n) is 0.515. The highest BCUT2D eigenvalue weighted by Gasteiger charge is 1.94. The van der Waals surface area contributed by atoms with Crippen molar-refractivity contribution in [3.05, 3.63) is 0 Å². The molecule has 0 heterocycles. The molecule has 0 spiro atoms. The van der Waals surface area contributed by atoms with Crippen LogP contribution < -0.4 is 0 Å². The Morgan fingerprint density at radius 1 is 1.42 bits per heavy atom. The first kappa shape index (κ1) is 12.6. The first-order valence-electron chi connectivity index (χ1n) is 3.60. The molecule has 72 valence electrons. The van der Waals surface area contributed by atoms with Gasteiger partial charge < -0.3 is 4.74 Å². The Bertz CT molecular complexity index is 122. The van der Waals surface area contributed by atoms with Crippen molar-refractivity contribution in [1.29, 1.82) is 0 Å². The second-order valence-corrected chi connectivity index (χ2v) is 4.64. The van der Waals surface area contributed by atoms with E-state index in [0.717, 1.165) is 11.5 Å². The summed E-state index contributed by atoms with van der Waals surface area (Å²) in [7, 11) is 0. The normalized spacial score (nSPS) is 10.2. The van der Waals surface area contributed by atoms with E-state index in [1.807, 2.05) is 23.5 Å². The van der Waals surface area contributed by atoms with Gasteiger partial charge in [-0.2, -0.15) is 23.5 Å². The maximum atomic E-state index is 10.2. The SMILES string of the molecule is CSCCSCCOCC(=O)Cl. The van der Waals surface area contributed by atoms with E-state index in [9.17, 15) is 4.79 Å². The summed E-state index contributed by atoms with van der Waals surface area (Å²) in [5.41, 5.74) is 0. The fourth-order valence-corrected chi connectivity index (χ4v) is 2.17. The second kappa shape index (κ2) is 9.71. The summed E-state index contributed by atoms with van der Waals surface area (Å²) in [5, 5.41) is -0.427. The van der Waals surface area contributed by atoms with Crippen molar-refractivity contribution in [3.63, 3.8) is 0 Å². The van der Waals surface area contributed by atoms with Gasteiger partial charge in [-0.15, -0.1) is 0 Å². The quantitative estimate of drug-likeness (QED) is 0.468. The van der Waals surface area contributed by atoms with Gasteiger partial charge in [0.1, 0.15) is 6.61 Å². The van der Waals surface area contributed by atoms with Crippen LogP contribution in [0.25, 0.3) is 0 Å². The van der Waals surface area contributed by atoms with Gasteiger partial charge in [0, 0.05) is 17.3 Å². The van der Waals surface area contributed by atoms with Gasteiger partial charge in [-0.05, 0) is 17.9 Å². The van der Waals surface area contributed by atoms with Crippen molar-refractivity contribution in [2.45, 2.75) is 0 Å². The molecule has 0 fully saturated rings. The average Bonchev–Trinajstić information content (AvgIpc) is 2.02. The highest BCUT2D eigenvalue weighted by Crippen LogP contribution is 2.03. The second-order valence-electron chi connectivity index (χ2n) is 2.01. The number of halogens is 1. The van der Waals surface area contributed by atoms with Crippen LogP contribution >= 0.6 is 35.1 Å². The molecule has 12 heavy (non-hydrogen) atoms. The molecule has 0 saturated carbocycles.